The Morgan fingerprint density at radius 1 is 1.48 bits per heavy atom. The van der Waals surface area contributed by atoms with Crippen molar-refractivity contribution in [3.05, 3.63) is 33.9 Å². The Hall–Kier alpha value is -2.19. The van der Waals surface area contributed by atoms with E-state index in [1.54, 1.807) is 17.9 Å². The molecule has 1 fully saturated rings. The molecule has 1 aromatic rings. The number of rotatable bonds is 5. The molecule has 126 valence electrons. The number of hydrogen-bond acceptors (Lipinski definition) is 5. The van der Waals surface area contributed by atoms with Crippen LogP contribution in [0.2, 0.25) is 0 Å². The van der Waals surface area contributed by atoms with Crippen LogP contribution >= 0.6 is 12.4 Å². The first kappa shape index (κ1) is 18.9. The number of carbonyl (C=O) groups is 2. The van der Waals surface area contributed by atoms with Gasteiger partial charge in [0.2, 0.25) is 5.91 Å². The average molecular weight is 344 g/mol. The predicted molar refractivity (Wildman–Crippen MR) is 85.9 cm³/mol. The summed E-state index contributed by atoms with van der Waals surface area (Å²) in [6.07, 6.45) is 1.26. The van der Waals surface area contributed by atoms with Crippen molar-refractivity contribution in [1.82, 2.24) is 4.90 Å². The Labute approximate surface area is 139 Å². The summed E-state index contributed by atoms with van der Waals surface area (Å²) < 4.78 is 0. The number of carboxylic acid groups (broad SMARTS) is 1. The lowest BCUT2D eigenvalue weighted by molar-refractivity contribution is -0.384. The summed E-state index contributed by atoms with van der Waals surface area (Å²) in [7, 11) is 0. The normalized spacial score (nSPS) is 17.3. The van der Waals surface area contributed by atoms with Gasteiger partial charge in [0.25, 0.3) is 5.69 Å². The number of nitro groups is 1. The van der Waals surface area contributed by atoms with Gasteiger partial charge in [-0.05, 0) is 31.9 Å². The van der Waals surface area contributed by atoms with Gasteiger partial charge in [-0.25, -0.2) is 0 Å². The Bertz CT molecular complexity index is 622. The molecule has 8 nitrogen and oxygen atoms in total. The molecule has 0 bridgehead atoms. The molecule has 2 N–H and O–H groups in total. The first-order valence-electron chi connectivity index (χ1n) is 6.90. The summed E-state index contributed by atoms with van der Waals surface area (Å²) in [5.74, 6) is -1.31. The maximum atomic E-state index is 12.1. The molecule has 0 aromatic heterocycles. The molecule has 0 saturated carbocycles. The second-order valence-corrected chi connectivity index (χ2v) is 5.27. The van der Waals surface area contributed by atoms with Crippen LogP contribution in [0.15, 0.2) is 18.2 Å². The van der Waals surface area contributed by atoms with Gasteiger partial charge in [-0.3, -0.25) is 24.6 Å². The largest absolute Gasteiger partial charge is 0.480 e. The maximum Gasteiger partial charge on any atom is 0.320 e. The van der Waals surface area contributed by atoms with Gasteiger partial charge in [0, 0.05) is 12.1 Å². The number of nitro benzene ring substituents is 1. The van der Waals surface area contributed by atoms with E-state index in [4.69, 9.17) is 5.11 Å². The highest BCUT2D eigenvalue weighted by Gasteiger charge is 2.31. The molecule has 9 heteroatoms. The standard InChI is InChI=1S/C14H17N3O5.ClH/c1-9-4-5-10(17(21)22)7-11(9)15-13(18)8-16-6-2-3-12(16)14(19)20;/h4-5,7,12H,2-3,6,8H2,1H3,(H,15,18)(H,19,20);1H/t12-;/m0./s1. The lowest BCUT2D eigenvalue weighted by Crippen LogP contribution is -2.41. The van der Waals surface area contributed by atoms with Crippen LogP contribution in [-0.4, -0.2) is 45.9 Å². The minimum Gasteiger partial charge on any atom is -0.480 e. The zero-order valence-electron chi connectivity index (χ0n) is 12.5. The van der Waals surface area contributed by atoms with E-state index in [0.29, 0.717) is 24.2 Å². The van der Waals surface area contributed by atoms with E-state index in [1.165, 1.54) is 12.1 Å². The van der Waals surface area contributed by atoms with Crippen LogP contribution in [0, 0.1) is 17.0 Å². The van der Waals surface area contributed by atoms with Gasteiger partial charge in [0.15, 0.2) is 0 Å². The fourth-order valence-electron chi connectivity index (χ4n) is 2.53. The number of non-ortho nitro benzene ring substituents is 1. The van der Waals surface area contributed by atoms with E-state index in [9.17, 15) is 19.7 Å². The molecule has 1 amide bonds. The van der Waals surface area contributed by atoms with Gasteiger partial charge in [-0.15, -0.1) is 12.4 Å². The minimum absolute atomic E-state index is 0. The molecule has 1 saturated heterocycles. The number of amides is 1. The highest BCUT2D eigenvalue weighted by Crippen LogP contribution is 2.22. The molecule has 1 atom stereocenters. The third kappa shape index (κ3) is 4.64. The number of aryl methyl sites for hydroxylation is 1. The molecule has 2 rings (SSSR count). The third-order valence-corrected chi connectivity index (χ3v) is 3.70. The summed E-state index contributed by atoms with van der Waals surface area (Å²) in [4.78, 5) is 35.0. The second kappa shape index (κ2) is 7.89. The van der Waals surface area contributed by atoms with Crippen molar-refractivity contribution in [3.63, 3.8) is 0 Å². The van der Waals surface area contributed by atoms with Gasteiger partial charge < -0.3 is 10.4 Å². The van der Waals surface area contributed by atoms with Crippen molar-refractivity contribution >= 4 is 35.7 Å². The number of anilines is 1. The monoisotopic (exact) mass is 343 g/mol. The number of likely N-dealkylation sites (tertiary alicyclic amines) is 1. The summed E-state index contributed by atoms with van der Waals surface area (Å²) in [5.41, 5.74) is 0.964. The van der Waals surface area contributed by atoms with Crippen molar-refractivity contribution in [2.45, 2.75) is 25.8 Å². The zero-order valence-corrected chi connectivity index (χ0v) is 13.3. The van der Waals surface area contributed by atoms with E-state index >= 15 is 0 Å². The summed E-state index contributed by atoms with van der Waals surface area (Å²) in [6.45, 7) is 2.24. The predicted octanol–water partition coefficient (Wildman–Crippen LogP) is 1.81. The molecular weight excluding hydrogens is 326 g/mol. The number of hydrogen-bond donors (Lipinski definition) is 2. The lowest BCUT2D eigenvalue weighted by atomic mass is 10.2. The van der Waals surface area contributed by atoms with Crippen LogP contribution in [0.25, 0.3) is 0 Å². The van der Waals surface area contributed by atoms with E-state index in [2.05, 4.69) is 5.32 Å². The Morgan fingerprint density at radius 3 is 2.78 bits per heavy atom. The SMILES string of the molecule is Cc1ccc([N+](=O)[O-])cc1NC(=O)CN1CCC[C@H]1C(=O)O.Cl. The van der Waals surface area contributed by atoms with Crippen LogP contribution < -0.4 is 5.32 Å². The first-order valence-corrected chi connectivity index (χ1v) is 6.90. The number of nitrogens with one attached hydrogen (secondary N) is 1. The molecule has 1 aliphatic heterocycles. The molecule has 23 heavy (non-hydrogen) atoms. The number of carboxylic acids is 1. The van der Waals surface area contributed by atoms with Crippen LogP contribution in [-0.2, 0) is 9.59 Å². The third-order valence-electron chi connectivity index (χ3n) is 3.70. The molecule has 0 unspecified atom stereocenters. The summed E-state index contributed by atoms with van der Waals surface area (Å²) in [5, 5.41) is 22.5. The summed E-state index contributed by atoms with van der Waals surface area (Å²) in [6, 6.07) is 3.58. The van der Waals surface area contributed by atoms with Crippen molar-refractivity contribution in [3.8, 4) is 0 Å². The average Bonchev–Trinajstić information content (AvgIpc) is 2.89. The molecular formula is C14H18ClN3O5. The minimum atomic E-state index is -0.933. The van der Waals surface area contributed by atoms with Gasteiger partial charge >= 0.3 is 5.97 Å². The fourth-order valence-corrected chi connectivity index (χ4v) is 2.53. The molecule has 1 aliphatic rings. The fraction of sp³-hybridized carbons (Fsp3) is 0.429. The topological polar surface area (TPSA) is 113 Å². The maximum absolute atomic E-state index is 12.1. The van der Waals surface area contributed by atoms with Gasteiger partial charge in [0.1, 0.15) is 6.04 Å². The first-order chi connectivity index (χ1) is 10.4. The lowest BCUT2D eigenvalue weighted by Gasteiger charge is -2.20. The van der Waals surface area contributed by atoms with E-state index < -0.39 is 16.9 Å². The van der Waals surface area contributed by atoms with Crippen molar-refractivity contribution in [1.29, 1.82) is 0 Å². The molecule has 1 aromatic carbocycles. The van der Waals surface area contributed by atoms with E-state index in [1.807, 2.05) is 0 Å². The van der Waals surface area contributed by atoms with Crippen molar-refractivity contribution < 1.29 is 19.6 Å². The van der Waals surface area contributed by atoms with Gasteiger partial charge in [0.05, 0.1) is 17.2 Å². The highest BCUT2D eigenvalue weighted by atomic mass is 35.5. The van der Waals surface area contributed by atoms with Crippen LogP contribution in [0.5, 0.6) is 0 Å². The van der Waals surface area contributed by atoms with Crippen LogP contribution in [0.3, 0.4) is 0 Å². The number of nitrogens with zero attached hydrogens (tertiary/aromatic N) is 2. The van der Waals surface area contributed by atoms with Gasteiger partial charge in [-0.1, -0.05) is 6.07 Å². The van der Waals surface area contributed by atoms with Gasteiger partial charge in [-0.2, -0.15) is 0 Å². The molecule has 0 aliphatic carbocycles. The Morgan fingerprint density at radius 2 is 2.17 bits per heavy atom. The quantitative estimate of drug-likeness (QED) is 0.622. The van der Waals surface area contributed by atoms with E-state index in [0.717, 1.165) is 6.42 Å². The van der Waals surface area contributed by atoms with Crippen LogP contribution in [0.4, 0.5) is 11.4 Å². The number of aliphatic carboxylic acids is 1. The molecule has 0 spiro atoms. The molecule has 1 heterocycles. The number of halogens is 1. The second-order valence-electron chi connectivity index (χ2n) is 5.27. The van der Waals surface area contributed by atoms with Crippen LogP contribution in [0.1, 0.15) is 18.4 Å². The molecule has 0 radical (unpaired) electrons. The number of benzene rings is 1. The Kier molecular flexibility index (Phi) is 6.47. The van der Waals surface area contributed by atoms with Crippen molar-refractivity contribution in [2.24, 2.45) is 0 Å². The smallest absolute Gasteiger partial charge is 0.320 e. The zero-order chi connectivity index (χ0) is 16.3. The summed E-state index contributed by atoms with van der Waals surface area (Å²) >= 11 is 0. The van der Waals surface area contributed by atoms with E-state index in [-0.39, 0.29) is 30.5 Å². The Balaban J connectivity index is 0.00000264. The highest BCUT2D eigenvalue weighted by molar-refractivity contribution is 5.93. The number of carbonyl (C=O) groups excluding carboxylic acids is 1. The van der Waals surface area contributed by atoms with Crippen molar-refractivity contribution in [2.75, 3.05) is 18.4 Å².